The van der Waals surface area contributed by atoms with Gasteiger partial charge < -0.3 is 4.74 Å². The molecule has 0 aliphatic heterocycles. The molecule has 3 rings (SSSR count). The Hall–Kier alpha value is -1.39. The molecule has 0 spiro atoms. The lowest BCUT2D eigenvalue weighted by Gasteiger charge is -2.31. The lowest BCUT2D eigenvalue weighted by atomic mass is 9.82. The van der Waals surface area contributed by atoms with Crippen LogP contribution in [0.1, 0.15) is 86.9 Å². The number of hydrogen-bond donors (Lipinski definition) is 0. The molecular formula is C16H25N3O2. The third-order valence-corrected chi connectivity index (χ3v) is 4.87. The maximum absolute atomic E-state index is 12.1. The van der Waals surface area contributed by atoms with Gasteiger partial charge in [-0.25, -0.2) is 9.48 Å². The SMILES string of the molecule is CCOC(=O)c1nnn(C2CCCCC2CC)c1C1CC1. The van der Waals surface area contributed by atoms with Crippen molar-refractivity contribution >= 4 is 5.97 Å². The molecule has 0 radical (unpaired) electrons. The van der Waals surface area contributed by atoms with Crippen molar-refractivity contribution in [3.63, 3.8) is 0 Å². The van der Waals surface area contributed by atoms with Crippen molar-refractivity contribution in [1.82, 2.24) is 15.0 Å². The summed E-state index contributed by atoms with van der Waals surface area (Å²) >= 11 is 0. The van der Waals surface area contributed by atoms with Gasteiger partial charge in [-0.2, -0.15) is 0 Å². The summed E-state index contributed by atoms with van der Waals surface area (Å²) in [7, 11) is 0. The highest BCUT2D eigenvalue weighted by atomic mass is 16.5. The zero-order valence-electron chi connectivity index (χ0n) is 13.0. The van der Waals surface area contributed by atoms with Crippen LogP contribution in [-0.4, -0.2) is 27.6 Å². The Labute approximate surface area is 126 Å². The molecule has 2 fully saturated rings. The van der Waals surface area contributed by atoms with E-state index >= 15 is 0 Å². The van der Waals surface area contributed by atoms with E-state index in [1.165, 1.54) is 25.7 Å². The number of hydrogen-bond acceptors (Lipinski definition) is 4. The molecule has 1 aromatic heterocycles. The first-order valence-electron chi connectivity index (χ1n) is 8.38. The maximum Gasteiger partial charge on any atom is 0.360 e. The van der Waals surface area contributed by atoms with Gasteiger partial charge in [0.15, 0.2) is 5.69 Å². The molecule has 21 heavy (non-hydrogen) atoms. The number of ether oxygens (including phenoxy) is 1. The van der Waals surface area contributed by atoms with E-state index in [9.17, 15) is 4.79 Å². The molecular weight excluding hydrogens is 266 g/mol. The predicted molar refractivity (Wildman–Crippen MR) is 79.2 cm³/mol. The Kier molecular flexibility index (Phi) is 4.27. The van der Waals surface area contributed by atoms with Crippen LogP contribution in [0.2, 0.25) is 0 Å². The molecule has 2 unspecified atom stereocenters. The summed E-state index contributed by atoms with van der Waals surface area (Å²) in [5.74, 6) is 0.807. The topological polar surface area (TPSA) is 57.0 Å². The van der Waals surface area contributed by atoms with Crippen LogP contribution in [0.3, 0.4) is 0 Å². The third-order valence-electron chi connectivity index (χ3n) is 4.87. The fourth-order valence-corrected chi connectivity index (χ4v) is 3.61. The Morgan fingerprint density at radius 3 is 2.67 bits per heavy atom. The highest BCUT2D eigenvalue weighted by Gasteiger charge is 2.38. The second-order valence-electron chi connectivity index (χ2n) is 6.28. The molecule has 0 N–H and O–H groups in total. The molecule has 2 atom stereocenters. The van der Waals surface area contributed by atoms with Crippen LogP contribution in [0.4, 0.5) is 0 Å². The van der Waals surface area contributed by atoms with E-state index < -0.39 is 0 Å². The molecule has 0 saturated heterocycles. The predicted octanol–water partition coefficient (Wildman–Crippen LogP) is 3.47. The van der Waals surface area contributed by atoms with Crippen LogP contribution in [0.25, 0.3) is 0 Å². The zero-order valence-corrected chi connectivity index (χ0v) is 13.0. The molecule has 2 aliphatic rings. The van der Waals surface area contributed by atoms with E-state index in [4.69, 9.17) is 4.74 Å². The Morgan fingerprint density at radius 1 is 1.24 bits per heavy atom. The molecule has 0 aromatic carbocycles. The van der Waals surface area contributed by atoms with Crippen molar-refractivity contribution in [3.8, 4) is 0 Å². The van der Waals surface area contributed by atoms with Crippen LogP contribution in [0, 0.1) is 5.92 Å². The van der Waals surface area contributed by atoms with Gasteiger partial charge in [0.2, 0.25) is 0 Å². The Morgan fingerprint density at radius 2 is 2.00 bits per heavy atom. The summed E-state index contributed by atoms with van der Waals surface area (Å²) in [6, 6.07) is 0.412. The fraction of sp³-hybridized carbons (Fsp3) is 0.812. The number of nitrogens with zero attached hydrogens (tertiary/aromatic N) is 3. The largest absolute Gasteiger partial charge is 0.461 e. The lowest BCUT2D eigenvalue weighted by molar-refractivity contribution is 0.0517. The standard InChI is InChI=1S/C16H25N3O2/c1-3-11-7-5-6-8-13(11)19-15(12-9-10-12)14(17-18-19)16(20)21-4-2/h11-13H,3-10H2,1-2H3. The van der Waals surface area contributed by atoms with Crippen molar-refractivity contribution in [3.05, 3.63) is 11.4 Å². The first-order chi connectivity index (χ1) is 10.3. The maximum atomic E-state index is 12.1. The number of esters is 1. The third kappa shape index (κ3) is 2.83. The molecule has 0 bridgehead atoms. The van der Waals surface area contributed by atoms with E-state index in [1.54, 1.807) is 0 Å². The van der Waals surface area contributed by atoms with E-state index in [0.717, 1.165) is 25.0 Å². The summed E-state index contributed by atoms with van der Waals surface area (Å²) in [5, 5.41) is 8.55. The second-order valence-corrected chi connectivity index (χ2v) is 6.28. The van der Waals surface area contributed by atoms with E-state index in [1.807, 2.05) is 6.92 Å². The highest BCUT2D eigenvalue weighted by molar-refractivity contribution is 5.88. The van der Waals surface area contributed by atoms with Crippen LogP contribution < -0.4 is 0 Å². The van der Waals surface area contributed by atoms with Gasteiger partial charge >= 0.3 is 5.97 Å². The number of aromatic nitrogens is 3. The molecule has 2 saturated carbocycles. The van der Waals surface area contributed by atoms with Gasteiger partial charge in [0.05, 0.1) is 18.3 Å². The van der Waals surface area contributed by atoms with Gasteiger partial charge in [-0.15, -0.1) is 5.10 Å². The molecule has 1 heterocycles. The van der Waals surface area contributed by atoms with Crippen LogP contribution >= 0.6 is 0 Å². The summed E-state index contributed by atoms with van der Waals surface area (Å²) in [6.45, 7) is 4.47. The average molecular weight is 291 g/mol. The first kappa shape index (κ1) is 14.5. The van der Waals surface area contributed by atoms with Crippen molar-refractivity contribution in [2.45, 2.75) is 70.8 Å². The van der Waals surface area contributed by atoms with Crippen molar-refractivity contribution in [1.29, 1.82) is 0 Å². The fourth-order valence-electron chi connectivity index (χ4n) is 3.61. The molecule has 1 aromatic rings. The molecule has 5 nitrogen and oxygen atoms in total. The summed E-state index contributed by atoms with van der Waals surface area (Å²) in [5.41, 5.74) is 1.50. The summed E-state index contributed by atoms with van der Waals surface area (Å²) in [6.07, 6.45) is 8.44. The smallest absolute Gasteiger partial charge is 0.360 e. The number of carbonyl (C=O) groups excluding carboxylic acids is 1. The van der Waals surface area contributed by atoms with Gasteiger partial charge in [0.25, 0.3) is 0 Å². The lowest BCUT2D eigenvalue weighted by Crippen LogP contribution is -2.25. The number of carbonyl (C=O) groups is 1. The highest BCUT2D eigenvalue weighted by Crippen LogP contribution is 2.45. The van der Waals surface area contributed by atoms with E-state index in [-0.39, 0.29) is 5.97 Å². The summed E-state index contributed by atoms with van der Waals surface area (Å²) in [4.78, 5) is 12.1. The second kappa shape index (κ2) is 6.16. The van der Waals surface area contributed by atoms with Gasteiger partial charge in [0.1, 0.15) is 0 Å². The normalized spacial score (nSPS) is 25.8. The van der Waals surface area contributed by atoms with Gasteiger partial charge in [-0.1, -0.05) is 31.4 Å². The minimum absolute atomic E-state index is 0.311. The molecule has 5 heteroatoms. The summed E-state index contributed by atoms with van der Waals surface area (Å²) < 4.78 is 7.23. The van der Waals surface area contributed by atoms with Gasteiger partial charge in [0, 0.05) is 5.92 Å². The number of rotatable bonds is 5. The monoisotopic (exact) mass is 291 g/mol. The first-order valence-corrected chi connectivity index (χ1v) is 8.38. The van der Waals surface area contributed by atoms with Crippen LogP contribution in [0.5, 0.6) is 0 Å². The quantitative estimate of drug-likeness (QED) is 0.779. The van der Waals surface area contributed by atoms with Crippen molar-refractivity contribution < 1.29 is 9.53 Å². The van der Waals surface area contributed by atoms with Crippen LogP contribution in [0.15, 0.2) is 0 Å². The van der Waals surface area contributed by atoms with Gasteiger partial charge in [-0.3, -0.25) is 0 Å². The minimum Gasteiger partial charge on any atom is -0.461 e. The van der Waals surface area contributed by atoms with Crippen LogP contribution in [-0.2, 0) is 4.74 Å². The Balaban J connectivity index is 1.92. The average Bonchev–Trinajstić information content (AvgIpc) is 3.25. The minimum atomic E-state index is -0.311. The zero-order chi connectivity index (χ0) is 14.8. The molecule has 2 aliphatic carbocycles. The van der Waals surface area contributed by atoms with E-state index in [2.05, 4.69) is 21.9 Å². The van der Waals surface area contributed by atoms with Crippen molar-refractivity contribution in [2.24, 2.45) is 5.92 Å². The molecule has 0 amide bonds. The van der Waals surface area contributed by atoms with Crippen molar-refractivity contribution in [2.75, 3.05) is 6.61 Å². The molecule has 116 valence electrons. The Bertz CT molecular complexity index is 508. The van der Waals surface area contributed by atoms with Gasteiger partial charge in [-0.05, 0) is 38.5 Å². The van der Waals surface area contributed by atoms with E-state index in [0.29, 0.717) is 30.2 Å².